The highest BCUT2D eigenvalue weighted by Gasteiger charge is 2.27. The van der Waals surface area contributed by atoms with Crippen molar-refractivity contribution in [1.29, 1.82) is 0 Å². The van der Waals surface area contributed by atoms with Crippen molar-refractivity contribution in [3.63, 3.8) is 0 Å². The van der Waals surface area contributed by atoms with E-state index >= 15 is 0 Å². The fraction of sp³-hybridized carbons (Fsp3) is 0.533. The number of carbonyl (C=O) groups excluding carboxylic acids is 1. The van der Waals surface area contributed by atoms with E-state index in [0.717, 1.165) is 18.8 Å². The zero-order valence-electron chi connectivity index (χ0n) is 11.7. The van der Waals surface area contributed by atoms with Crippen LogP contribution in [0.15, 0.2) is 18.2 Å². The Kier molecular flexibility index (Phi) is 3.71. The first-order valence-electron chi connectivity index (χ1n) is 6.57. The van der Waals surface area contributed by atoms with E-state index in [9.17, 15) is 4.79 Å². The molecule has 18 heavy (non-hydrogen) atoms. The smallest absolute Gasteiger partial charge is 0.231 e. The van der Waals surface area contributed by atoms with Crippen LogP contribution in [0, 0.1) is 0 Å². The van der Waals surface area contributed by atoms with Crippen LogP contribution in [0.5, 0.6) is 0 Å². The van der Waals surface area contributed by atoms with E-state index in [4.69, 9.17) is 0 Å². The Morgan fingerprint density at radius 3 is 2.67 bits per heavy atom. The topological polar surface area (TPSA) is 23.6 Å². The molecular weight excluding hydrogens is 224 g/mol. The van der Waals surface area contributed by atoms with Gasteiger partial charge in [-0.15, -0.1) is 0 Å². The average Bonchev–Trinajstić information content (AvgIpc) is 2.60. The summed E-state index contributed by atoms with van der Waals surface area (Å²) in [4.78, 5) is 16.1. The standard InChI is InChI=1S/C15H22N2O/c1-11(2)12-5-6-13-10-15(18)17(14(13)9-12)8-7-16(3)4/h5-6,9,11H,7-8,10H2,1-4H3. The van der Waals surface area contributed by atoms with E-state index in [2.05, 4.69) is 36.9 Å². The normalized spacial score (nSPS) is 14.8. The predicted molar refractivity (Wildman–Crippen MR) is 75.1 cm³/mol. The van der Waals surface area contributed by atoms with E-state index < -0.39 is 0 Å². The minimum Gasteiger partial charge on any atom is -0.311 e. The molecule has 98 valence electrons. The zero-order chi connectivity index (χ0) is 13.3. The highest BCUT2D eigenvalue weighted by molar-refractivity contribution is 6.01. The van der Waals surface area contributed by atoms with Gasteiger partial charge in [0.2, 0.25) is 5.91 Å². The maximum absolute atomic E-state index is 12.0. The molecule has 2 rings (SSSR count). The van der Waals surface area contributed by atoms with Crippen molar-refractivity contribution >= 4 is 11.6 Å². The molecule has 3 nitrogen and oxygen atoms in total. The number of rotatable bonds is 4. The van der Waals surface area contributed by atoms with Crippen LogP contribution in [0.2, 0.25) is 0 Å². The van der Waals surface area contributed by atoms with Gasteiger partial charge in [-0.25, -0.2) is 0 Å². The molecule has 0 unspecified atom stereocenters. The number of hydrogen-bond acceptors (Lipinski definition) is 2. The third-order valence-corrected chi connectivity index (χ3v) is 3.48. The number of benzene rings is 1. The summed E-state index contributed by atoms with van der Waals surface area (Å²) in [5.74, 6) is 0.731. The predicted octanol–water partition coefficient (Wildman–Crippen LogP) is 2.26. The lowest BCUT2D eigenvalue weighted by Crippen LogP contribution is -2.33. The highest BCUT2D eigenvalue weighted by Crippen LogP contribution is 2.31. The van der Waals surface area contributed by atoms with Gasteiger partial charge in [0.15, 0.2) is 0 Å². The Morgan fingerprint density at radius 2 is 2.06 bits per heavy atom. The monoisotopic (exact) mass is 246 g/mol. The lowest BCUT2D eigenvalue weighted by molar-refractivity contribution is -0.117. The number of fused-ring (bicyclic) bond motifs is 1. The van der Waals surface area contributed by atoms with Gasteiger partial charge >= 0.3 is 0 Å². The molecule has 0 fully saturated rings. The molecule has 1 amide bonds. The van der Waals surface area contributed by atoms with Gasteiger partial charge in [-0.1, -0.05) is 26.0 Å². The Balaban J connectivity index is 2.25. The van der Waals surface area contributed by atoms with Crippen LogP contribution in [0.1, 0.15) is 30.9 Å². The third kappa shape index (κ3) is 2.56. The van der Waals surface area contributed by atoms with Crippen LogP contribution in [0.25, 0.3) is 0 Å². The molecule has 1 aliphatic heterocycles. The summed E-state index contributed by atoms with van der Waals surface area (Å²) in [5, 5.41) is 0. The van der Waals surface area contributed by atoms with Gasteiger partial charge < -0.3 is 9.80 Å². The van der Waals surface area contributed by atoms with Gasteiger partial charge in [-0.05, 0) is 37.2 Å². The van der Waals surface area contributed by atoms with E-state index in [1.54, 1.807) is 0 Å². The van der Waals surface area contributed by atoms with E-state index in [1.807, 2.05) is 19.0 Å². The molecule has 0 aliphatic carbocycles. The maximum Gasteiger partial charge on any atom is 0.231 e. The molecular formula is C15H22N2O. The maximum atomic E-state index is 12.0. The molecule has 1 aromatic rings. The van der Waals surface area contributed by atoms with Crippen LogP contribution < -0.4 is 4.90 Å². The van der Waals surface area contributed by atoms with E-state index in [-0.39, 0.29) is 5.91 Å². The summed E-state index contributed by atoms with van der Waals surface area (Å²) in [6.45, 7) is 6.04. The van der Waals surface area contributed by atoms with Gasteiger partial charge in [0, 0.05) is 18.8 Å². The molecule has 0 saturated heterocycles. The Hall–Kier alpha value is -1.35. The molecule has 0 bridgehead atoms. The van der Waals surface area contributed by atoms with Crippen LogP contribution in [-0.2, 0) is 11.2 Å². The average molecular weight is 246 g/mol. The fourth-order valence-corrected chi connectivity index (χ4v) is 2.28. The number of hydrogen-bond donors (Lipinski definition) is 0. The summed E-state index contributed by atoms with van der Waals surface area (Å²) in [5.41, 5.74) is 3.59. The first-order chi connectivity index (χ1) is 8.49. The Labute approximate surface area is 109 Å². The summed E-state index contributed by atoms with van der Waals surface area (Å²) in [6.07, 6.45) is 0.557. The van der Waals surface area contributed by atoms with Gasteiger partial charge in [-0.3, -0.25) is 4.79 Å². The van der Waals surface area contributed by atoms with E-state index in [0.29, 0.717) is 12.3 Å². The van der Waals surface area contributed by atoms with Gasteiger partial charge in [0.25, 0.3) is 0 Å². The van der Waals surface area contributed by atoms with Crippen molar-refractivity contribution in [2.24, 2.45) is 0 Å². The molecule has 1 aromatic carbocycles. The van der Waals surface area contributed by atoms with Crippen molar-refractivity contribution < 1.29 is 4.79 Å². The SMILES string of the molecule is CC(C)c1ccc2c(c1)N(CCN(C)C)C(=O)C2. The van der Waals surface area contributed by atoms with Gasteiger partial charge in [-0.2, -0.15) is 0 Å². The first kappa shape index (κ1) is 13.1. The van der Waals surface area contributed by atoms with Crippen LogP contribution in [0.3, 0.4) is 0 Å². The molecule has 0 aromatic heterocycles. The molecule has 0 radical (unpaired) electrons. The summed E-state index contributed by atoms with van der Waals surface area (Å²) in [6, 6.07) is 6.44. The van der Waals surface area contributed by atoms with Crippen molar-refractivity contribution in [1.82, 2.24) is 4.90 Å². The lowest BCUT2D eigenvalue weighted by Gasteiger charge is -2.21. The molecule has 0 spiro atoms. The number of amides is 1. The van der Waals surface area contributed by atoms with Crippen molar-refractivity contribution in [2.45, 2.75) is 26.2 Å². The number of carbonyl (C=O) groups is 1. The molecule has 3 heteroatoms. The molecule has 0 atom stereocenters. The quantitative estimate of drug-likeness (QED) is 0.813. The summed E-state index contributed by atoms with van der Waals surface area (Å²) < 4.78 is 0. The minimum absolute atomic E-state index is 0.229. The second-order valence-electron chi connectivity index (χ2n) is 5.57. The zero-order valence-corrected chi connectivity index (χ0v) is 11.7. The molecule has 1 heterocycles. The molecule has 0 saturated carbocycles. The van der Waals surface area contributed by atoms with Crippen molar-refractivity contribution in [2.75, 3.05) is 32.1 Å². The largest absolute Gasteiger partial charge is 0.311 e. The van der Waals surface area contributed by atoms with Gasteiger partial charge in [0.05, 0.1) is 6.42 Å². The second-order valence-corrected chi connectivity index (χ2v) is 5.57. The highest BCUT2D eigenvalue weighted by atomic mass is 16.2. The summed E-state index contributed by atoms with van der Waals surface area (Å²) >= 11 is 0. The molecule has 0 N–H and O–H groups in total. The minimum atomic E-state index is 0.229. The number of nitrogens with zero attached hydrogens (tertiary/aromatic N) is 2. The lowest BCUT2D eigenvalue weighted by atomic mass is 10.0. The number of anilines is 1. The van der Waals surface area contributed by atoms with Crippen LogP contribution in [-0.4, -0.2) is 38.0 Å². The Morgan fingerprint density at radius 1 is 1.33 bits per heavy atom. The second kappa shape index (κ2) is 5.11. The van der Waals surface area contributed by atoms with Crippen LogP contribution in [0.4, 0.5) is 5.69 Å². The van der Waals surface area contributed by atoms with Crippen molar-refractivity contribution in [3.05, 3.63) is 29.3 Å². The van der Waals surface area contributed by atoms with Crippen molar-refractivity contribution in [3.8, 4) is 0 Å². The Bertz CT molecular complexity index is 452. The first-order valence-corrected chi connectivity index (χ1v) is 6.57. The number of likely N-dealkylation sites (N-methyl/N-ethyl adjacent to an activating group) is 1. The van der Waals surface area contributed by atoms with E-state index in [1.165, 1.54) is 11.1 Å². The third-order valence-electron chi connectivity index (χ3n) is 3.48. The molecule has 1 aliphatic rings. The van der Waals surface area contributed by atoms with Crippen LogP contribution >= 0.6 is 0 Å². The summed E-state index contributed by atoms with van der Waals surface area (Å²) in [7, 11) is 4.07. The fourth-order valence-electron chi connectivity index (χ4n) is 2.28. The van der Waals surface area contributed by atoms with Gasteiger partial charge in [0.1, 0.15) is 0 Å².